The molecule has 0 bridgehead atoms. The van der Waals surface area contributed by atoms with E-state index in [9.17, 15) is 13.2 Å². The molecular formula is C13H19N3O3S2. The van der Waals surface area contributed by atoms with Crippen molar-refractivity contribution in [2.45, 2.75) is 19.8 Å². The van der Waals surface area contributed by atoms with Gasteiger partial charge >= 0.3 is 0 Å². The molecule has 116 valence electrons. The topological polar surface area (TPSA) is 70.6 Å². The fourth-order valence-electron chi connectivity index (χ4n) is 3.24. The van der Waals surface area contributed by atoms with Crippen LogP contribution in [0, 0.1) is 5.41 Å². The van der Waals surface area contributed by atoms with Crippen molar-refractivity contribution in [1.82, 2.24) is 14.2 Å². The molecule has 0 aliphatic carbocycles. The summed E-state index contributed by atoms with van der Waals surface area (Å²) in [7, 11) is -3.12. The summed E-state index contributed by atoms with van der Waals surface area (Å²) in [5.74, 6) is 0.106. The van der Waals surface area contributed by atoms with E-state index in [0.29, 0.717) is 31.9 Å². The molecule has 2 fully saturated rings. The molecule has 8 heteroatoms. The molecule has 3 heterocycles. The van der Waals surface area contributed by atoms with Crippen LogP contribution in [-0.4, -0.2) is 60.4 Å². The lowest BCUT2D eigenvalue weighted by atomic mass is 9.86. The van der Waals surface area contributed by atoms with Gasteiger partial charge in [0.25, 0.3) is 5.91 Å². The number of nitrogens with zero attached hydrogens (tertiary/aromatic N) is 3. The minimum atomic E-state index is -3.12. The Balaban J connectivity index is 1.69. The Morgan fingerprint density at radius 1 is 1.38 bits per heavy atom. The lowest BCUT2D eigenvalue weighted by Crippen LogP contribution is -2.36. The molecule has 2 aliphatic heterocycles. The summed E-state index contributed by atoms with van der Waals surface area (Å²) in [4.78, 5) is 18.2. The van der Waals surface area contributed by atoms with E-state index in [-0.39, 0.29) is 17.1 Å². The fourth-order valence-corrected chi connectivity index (χ4v) is 4.97. The van der Waals surface area contributed by atoms with Gasteiger partial charge in [0.1, 0.15) is 5.69 Å². The second-order valence-electron chi connectivity index (χ2n) is 5.83. The molecule has 1 amide bonds. The zero-order valence-corrected chi connectivity index (χ0v) is 13.6. The summed E-state index contributed by atoms with van der Waals surface area (Å²) in [5, 5.41) is 1.76. The molecule has 1 spiro atoms. The van der Waals surface area contributed by atoms with Crippen LogP contribution < -0.4 is 0 Å². The summed E-state index contributed by atoms with van der Waals surface area (Å²) >= 11 is 1.41. The number of rotatable bonds is 3. The summed E-state index contributed by atoms with van der Waals surface area (Å²) < 4.78 is 25.5. The van der Waals surface area contributed by atoms with E-state index in [1.165, 1.54) is 11.3 Å². The Hall–Kier alpha value is -0.990. The molecule has 21 heavy (non-hydrogen) atoms. The Morgan fingerprint density at radius 3 is 2.81 bits per heavy atom. The van der Waals surface area contributed by atoms with Crippen LogP contribution in [-0.2, 0) is 10.0 Å². The highest BCUT2D eigenvalue weighted by Crippen LogP contribution is 2.40. The van der Waals surface area contributed by atoms with Crippen LogP contribution >= 0.6 is 11.3 Å². The first-order chi connectivity index (χ1) is 9.96. The molecule has 1 aromatic heterocycles. The third-order valence-electron chi connectivity index (χ3n) is 4.54. The van der Waals surface area contributed by atoms with Gasteiger partial charge in [0.2, 0.25) is 10.0 Å². The quantitative estimate of drug-likeness (QED) is 0.830. The number of carbonyl (C=O) groups excluding carboxylic acids is 1. The Morgan fingerprint density at radius 2 is 2.14 bits per heavy atom. The zero-order chi connectivity index (χ0) is 15.1. The van der Waals surface area contributed by atoms with E-state index in [0.717, 1.165) is 12.8 Å². The van der Waals surface area contributed by atoms with Crippen LogP contribution in [0.1, 0.15) is 30.3 Å². The van der Waals surface area contributed by atoms with E-state index < -0.39 is 10.0 Å². The summed E-state index contributed by atoms with van der Waals surface area (Å²) in [6.07, 6.45) is 1.71. The Kier molecular flexibility index (Phi) is 3.79. The standard InChI is InChI=1S/C13H19N3O3S2/c1-2-21(18,19)16-6-4-13(9-16)3-5-15(8-13)12(17)11-7-20-10-14-11/h7,10H,2-6,8-9H2,1H3/t13-/m1/s1. The van der Waals surface area contributed by atoms with Crippen molar-refractivity contribution in [1.29, 1.82) is 0 Å². The first-order valence-corrected chi connectivity index (χ1v) is 9.66. The molecule has 0 saturated carbocycles. The predicted octanol–water partition coefficient (Wildman–Crippen LogP) is 1.03. The largest absolute Gasteiger partial charge is 0.337 e. The molecular weight excluding hydrogens is 310 g/mol. The van der Waals surface area contributed by atoms with Gasteiger partial charge in [0.05, 0.1) is 11.3 Å². The van der Waals surface area contributed by atoms with E-state index in [2.05, 4.69) is 4.98 Å². The van der Waals surface area contributed by atoms with Crippen molar-refractivity contribution in [2.75, 3.05) is 31.9 Å². The smallest absolute Gasteiger partial charge is 0.273 e. The molecule has 0 N–H and O–H groups in total. The molecule has 0 radical (unpaired) electrons. The molecule has 1 aromatic rings. The van der Waals surface area contributed by atoms with E-state index in [1.54, 1.807) is 22.1 Å². The van der Waals surface area contributed by atoms with Gasteiger partial charge in [0, 0.05) is 37.0 Å². The molecule has 2 saturated heterocycles. The van der Waals surface area contributed by atoms with Gasteiger partial charge in [-0.15, -0.1) is 11.3 Å². The highest BCUT2D eigenvalue weighted by molar-refractivity contribution is 7.89. The maximum Gasteiger partial charge on any atom is 0.273 e. The lowest BCUT2D eigenvalue weighted by molar-refractivity contribution is 0.0770. The van der Waals surface area contributed by atoms with Crippen molar-refractivity contribution in [3.8, 4) is 0 Å². The van der Waals surface area contributed by atoms with Crippen LogP contribution in [0.2, 0.25) is 0 Å². The number of thiazole rings is 1. The number of amides is 1. The lowest BCUT2D eigenvalue weighted by Gasteiger charge is -2.24. The molecule has 3 rings (SSSR count). The maximum absolute atomic E-state index is 12.3. The van der Waals surface area contributed by atoms with Crippen LogP contribution in [0.25, 0.3) is 0 Å². The molecule has 0 unspecified atom stereocenters. The van der Waals surface area contributed by atoms with Gasteiger partial charge in [0.15, 0.2) is 0 Å². The monoisotopic (exact) mass is 329 g/mol. The summed E-state index contributed by atoms with van der Waals surface area (Å²) in [6.45, 7) is 4.13. The average molecular weight is 329 g/mol. The minimum Gasteiger partial charge on any atom is -0.337 e. The highest BCUT2D eigenvalue weighted by atomic mass is 32.2. The summed E-state index contributed by atoms with van der Waals surface area (Å²) in [6, 6.07) is 0. The van der Waals surface area contributed by atoms with E-state index >= 15 is 0 Å². The number of carbonyl (C=O) groups is 1. The second-order valence-corrected chi connectivity index (χ2v) is 8.81. The number of hydrogen-bond acceptors (Lipinski definition) is 5. The first-order valence-electron chi connectivity index (χ1n) is 7.11. The molecule has 1 atom stereocenters. The minimum absolute atomic E-state index is 0.0371. The zero-order valence-electron chi connectivity index (χ0n) is 12.0. The number of aromatic nitrogens is 1. The van der Waals surface area contributed by atoms with Crippen molar-refractivity contribution in [3.63, 3.8) is 0 Å². The average Bonchev–Trinajstić information content (AvgIpc) is 3.20. The normalized spacial score (nSPS) is 26.8. The number of likely N-dealkylation sites (tertiary alicyclic amines) is 1. The van der Waals surface area contributed by atoms with E-state index in [4.69, 9.17) is 0 Å². The molecule has 6 nitrogen and oxygen atoms in total. The number of hydrogen-bond donors (Lipinski definition) is 0. The van der Waals surface area contributed by atoms with Crippen molar-refractivity contribution < 1.29 is 13.2 Å². The fraction of sp³-hybridized carbons (Fsp3) is 0.692. The third-order valence-corrected chi connectivity index (χ3v) is 6.95. The van der Waals surface area contributed by atoms with Crippen LogP contribution in [0.5, 0.6) is 0 Å². The highest BCUT2D eigenvalue weighted by Gasteiger charge is 2.47. The van der Waals surface area contributed by atoms with Gasteiger partial charge in [-0.05, 0) is 19.8 Å². The van der Waals surface area contributed by atoms with Crippen molar-refractivity contribution >= 4 is 27.3 Å². The van der Waals surface area contributed by atoms with Crippen molar-refractivity contribution in [3.05, 3.63) is 16.6 Å². The van der Waals surface area contributed by atoms with Crippen molar-refractivity contribution in [2.24, 2.45) is 5.41 Å². The second kappa shape index (κ2) is 5.33. The third kappa shape index (κ3) is 2.72. The Bertz CT molecular complexity index is 629. The molecule has 2 aliphatic rings. The summed E-state index contributed by atoms with van der Waals surface area (Å²) in [5.41, 5.74) is 2.09. The van der Waals surface area contributed by atoms with Gasteiger partial charge in [-0.25, -0.2) is 17.7 Å². The van der Waals surface area contributed by atoms with Crippen LogP contribution in [0.4, 0.5) is 0 Å². The Labute approximate surface area is 128 Å². The van der Waals surface area contributed by atoms with Gasteiger partial charge in [-0.3, -0.25) is 4.79 Å². The number of sulfonamides is 1. The first kappa shape index (κ1) is 14.9. The SMILES string of the molecule is CCS(=O)(=O)N1CC[C@@]2(CCN(C(=O)c3cscn3)C2)C1. The predicted molar refractivity (Wildman–Crippen MR) is 80.7 cm³/mol. The van der Waals surface area contributed by atoms with Gasteiger partial charge < -0.3 is 4.90 Å². The molecule has 0 aromatic carbocycles. The van der Waals surface area contributed by atoms with Crippen LogP contribution in [0.15, 0.2) is 10.9 Å². The van der Waals surface area contributed by atoms with E-state index in [1.807, 2.05) is 4.90 Å². The van der Waals surface area contributed by atoms with Gasteiger partial charge in [-0.1, -0.05) is 0 Å². The van der Waals surface area contributed by atoms with Crippen LogP contribution in [0.3, 0.4) is 0 Å². The van der Waals surface area contributed by atoms with Gasteiger partial charge in [-0.2, -0.15) is 0 Å². The maximum atomic E-state index is 12.3.